The maximum absolute atomic E-state index is 11.5. The van der Waals surface area contributed by atoms with Gasteiger partial charge in [-0.1, -0.05) is 76.6 Å². The number of carbonyl (C=O) groups excluding carboxylic acids is 1. The Morgan fingerprint density at radius 3 is 2.29 bits per heavy atom. The number of rotatable bonds is 11. The Kier molecular flexibility index (Phi) is 18.2. The van der Waals surface area contributed by atoms with Crippen LogP contribution in [0.1, 0.15) is 66.7 Å². The summed E-state index contributed by atoms with van der Waals surface area (Å²) in [5.74, 6) is 0.366. The number of methoxy groups -OCH3 is 1. The maximum Gasteiger partial charge on any atom is 0.312 e. The van der Waals surface area contributed by atoms with Gasteiger partial charge in [0, 0.05) is 6.04 Å². The number of unbranched alkanes of at least 4 members (excludes halogenated alkanes) is 2. The Balaban J connectivity index is 0. The molecule has 0 saturated heterocycles. The molecule has 0 aromatic carbocycles. The van der Waals surface area contributed by atoms with Gasteiger partial charge in [-0.3, -0.25) is 9.52 Å². The first-order chi connectivity index (χ1) is 11.3. The lowest BCUT2D eigenvalue weighted by Crippen LogP contribution is -2.24. The average molecular weight is 358 g/mol. The molecule has 0 aromatic heterocycles. The summed E-state index contributed by atoms with van der Waals surface area (Å²) in [4.78, 5) is 11.5. The van der Waals surface area contributed by atoms with Crippen molar-refractivity contribution in [2.24, 2.45) is 11.8 Å². The minimum atomic E-state index is -0.250. The molecule has 0 fully saturated rings. The Labute approximate surface area is 154 Å². The van der Waals surface area contributed by atoms with E-state index in [-0.39, 0.29) is 11.9 Å². The molecule has 0 bridgehead atoms. The molecule has 4 heteroatoms. The van der Waals surface area contributed by atoms with Gasteiger partial charge < -0.3 is 4.74 Å². The van der Waals surface area contributed by atoms with Crippen LogP contribution in [0, 0.1) is 11.8 Å². The van der Waals surface area contributed by atoms with Crippen LogP contribution in [0.4, 0.5) is 0 Å². The maximum atomic E-state index is 11.5. The first-order valence-electron chi connectivity index (χ1n) is 8.99. The summed E-state index contributed by atoms with van der Waals surface area (Å²) >= 11 is 1.64. The lowest BCUT2D eigenvalue weighted by Gasteiger charge is -2.18. The molecule has 3 nitrogen and oxygen atoms in total. The Morgan fingerprint density at radius 2 is 1.88 bits per heavy atom. The number of nitrogens with one attached hydrogen (secondary N) is 1. The third-order valence-electron chi connectivity index (χ3n) is 3.39. The lowest BCUT2D eigenvalue weighted by atomic mass is 9.98. The van der Waals surface area contributed by atoms with Crippen molar-refractivity contribution >= 4 is 17.9 Å². The highest BCUT2D eigenvalue weighted by molar-refractivity contribution is 7.96. The van der Waals surface area contributed by atoms with Gasteiger partial charge >= 0.3 is 5.97 Å². The highest BCUT2D eigenvalue weighted by atomic mass is 32.2. The van der Waals surface area contributed by atoms with Crippen molar-refractivity contribution in [2.75, 3.05) is 13.4 Å². The van der Waals surface area contributed by atoms with Crippen LogP contribution < -0.4 is 4.72 Å². The fraction of sp³-hybridized carbons (Fsp3) is 0.750. The van der Waals surface area contributed by atoms with Crippen molar-refractivity contribution in [1.29, 1.82) is 0 Å². The van der Waals surface area contributed by atoms with Gasteiger partial charge in [0.15, 0.2) is 0 Å². The van der Waals surface area contributed by atoms with Gasteiger partial charge in [0.2, 0.25) is 0 Å². The number of hydrogen-bond acceptors (Lipinski definition) is 4. The van der Waals surface area contributed by atoms with E-state index >= 15 is 0 Å². The minimum Gasteiger partial charge on any atom is -0.469 e. The number of allylic oxidation sites excluding steroid dienone is 1. The molecule has 0 aliphatic carbocycles. The lowest BCUT2D eigenvalue weighted by molar-refractivity contribution is -0.143. The van der Waals surface area contributed by atoms with Crippen LogP contribution in [0.5, 0.6) is 0 Å². The smallest absolute Gasteiger partial charge is 0.312 e. The molecule has 0 aliphatic rings. The van der Waals surface area contributed by atoms with Crippen molar-refractivity contribution in [3.63, 3.8) is 0 Å². The van der Waals surface area contributed by atoms with Crippen molar-refractivity contribution in [2.45, 2.75) is 72.8 Å². The minimum absolute atomic E-state index is 0.218. The predicted octanol–water partition coefficient (Wildman–Crippen LogP) is 5.78. The second-order valence-electron chi connectivity index (χ2n) is 6.65. The summed E-state index contributed by atoms with van der Waals surface area (Å²) in [5.41, 5.74) is 1.28. The average Bonchev–Trinajstić information content (AvgIpc) is 2.53. The fourth-order valence-electron chi connectivity index (χ4n) is 2.02. The Hall–Kier alpha value is -0.740. The quantitative estimate of drug-likeness (QED) is 0.220. The molecular weight excluding hydrogens is 318 g/mol. The largest absolute Gasteiger partial charge is 0.469 e. The Bertz CT molecular complexity index is 351. The standard InChI is InChI=1S/C16H29NO2S.C4H10/c1-6-8-9-10-15(17-20-5)13(3)11-12-14(7-2)16(18)19-4;1-4(2)3/h7,11,14-15,17H,2,6,8-10,12H2,1,3-5H3;4H,1-3H3/b13-11+;/t14?,15-;/m1./s1. The van der Waals surface area contributed by atoms with E-state index in [9.17, 15) is 4.79 Å². The van der Waals surface area contributed by atoms with Crippen LogP contribution in [-0.2, 0) is 9.53 Å². The first-order valence-corrected chi connectivity index (χ1v) is 10.2. The van der Waals surface area contributed by atoms with Gasteiger partial charge in [0.25, 0.3) is 0 Å². The molecular formula is C20H39NO2S. The van der Waals surface area contributed by atoms with Gasteiger partial charge in [0.1, 0.15) is 0 Å². The molecule has 1 unspecified atom stereocenters. The van der Waals surface area contributed by atoms with Crippen LogP contribution in [0.3, 0.4) is 0 Å². The molecule has 0 aromatic rings. The second kappa shape index (κ2) is 17.1. The van der Waals surface area contributed by atoms with Crippen molar-refractivity contribution < 1.29 is 9.53 Å². The van der Waals surface area contributed by atoms with Crippen LogP contribution in [0.2, 0.25) is 0 Å². The summed E-state index contributed by atoms with van der Waals surface area (Å²) in [6.45, 7) is 14.5. The molecule has 0 amide bonds. The van der Waals surface area contributed by atoms with E-state index in [4.69, 9.17) is 4.74 Å². The molecule has 2 atom stereocenters. The summed E-state index contributed by atoms with van der Waals surface area (Å²) in [6.07, 6.45) is 11.3. The van der Waals surface area contributed by atoms with E-state index in [1.807, 2.05) is 6.26 Å². The van der Waals surface area contributed by atoms with E-state index in [1.54, 1.807) is 18.0 Å². The third kappa shape index (κ3) is 14.8. The zero-order chi connectivity index (χ0) is 19.0. The van der Waals surface area contributed by atoms with Gasteiger partial charge in [-0.15, -0.1) is 6.58 Å². The third-order valence-corrected chi connectivity index (χ3v) is 3.91. The number of esters is 1. The SMILES string of the molecule is C=CC(C/C=C(\C)[C@@H](CCCCC)NSC)C(=O)OC.CC(C)C. The number of carbonyl (C=O) groups is 1. The fourth-order valence-corrected chi connectivity index (χ4v) is 2.60. The first kappa shape index (κ1) is 25.5. The molecule has 24 heavy (non-hydrogen) atoms. The van der Waals surface area contributed by atoms with Crippen LogP contribution >= 0.6 is 11.9 Å². The highest BCUT2D eigenvalue weighted by Crippen LogP contribution is 2.16. The van der Waals surface area contributed by atoms with Crippen LogP contribution in [0.25, 0.3) is 0 Å². The van der Waals surface area contributed by atoms with E-state index in [0.717, 1.165) is 12.3 Å². The summed E-state index contributed by atoms with van der Waals surface area (Å²) in [5, 5.41) is 0. The van der Waals surface area contributed by atoms with Gasteiger partial charge in [-0.05, 0) is 31.9 Å². The van der Waals surface area contributed by atoms with E-state index < -0.39 is 0 Å². The number of ether oxygens (including phenoxy) is 1. The topological polar surface area (TPSA) is 38.3 Å². The Morgan fingerprint density at radius 1 is 1.29 bits per heavy atom. The molecule has 0 aliphatic heterocycles. The zero-order valence-electron chi connectivity index (χ0n) is 16.9. The molecule has 1 N–H and O–H groups in total. The summed E-state index contributed by atoms with van der Waals surface area (Å²) in [6, 6.07) is 0.375. The van der Waals surface area contributed by atoms with Gasteiger partial charge in [-0.2, -0.15) is 0 Å². The van der Waals surface area contributed by atoms with Crippen molar-refractivity contribution in [3.05, 3.63) is 24.3 Å². The van der Waals surface area contributed by atoms with E-state index in [2.05, 4.69) is 52.0 Å². The van der Waals surface area contributed by atoms with E-state index in [1.165, 1.54) is 31.9 Å². The molecule has 0 radical (unpaired) electrons. The number of hydrogen-bond donors (Lipinski definition) is 1. The normalized spacial score (nSPS) is 13.8. The van der Waals surface area contributed by atoms with Gasteiger partial charge in [-0.25, -0.2) is 0 Å². The summed E-state index contributed by atoms with van der Waals surface area (Å²) < 4.78 is 8.20. The molecule has 0 saturated carbocycles. The zero-order valence-corrected chi connectivity index (χ0v) is 17.7. The monoisotopic (exact) mass is 357 g/mol. The summed E-state index contributed by atoms with van der Waals surface area (Å²) in [7, 11) is 1.41. The van der Waals surface area contributed by atoms with E-state index in [0.29, 0.717) is 12.5 Å². The van der Waals surface area contributed by atoms with Crippen LogP contribution in [-0.4, -0.2) is 25.4 Å². The van der Waals surface area contributed by atoms with Crippen LogP contribution in [0.15, 0.2) is 24.3 Å². The van der Waals surface area contributed by atoms with Crippen molar-refractivity contribution in [1.82, 2.24) is 4.72 Å². The predicted molar refractivity (Wildman–Crippen MR) is 109 cm³/mol. The van der Waals surface area contributed by atoms with Gasteiger partial charge in [0.05, 0.1) is 13.0 Å². The molecule has 142 valence electrons. The molecule has 0 rings (SSSR count). The second-order valence-corrected chi connectivity index (χ2v) is 7.30. The van der Waals surface area contributed by atoms with Crippen molar-refractivity contribution in [3.8, 4) is 0 Å². The molecule has 0 heterocycles. The molecule has 0 spiro atoms. The highest BCUT2D eigenvalue weighted by Gasteiger charge is 2.15.